The molecule has 3 heterocycles. The van der Waals surface area contributed by atoms with Crippen LogP contribution in [0.3, 0.4) is 0 Å². The Morgan fingerprint density at radius 2 is 1.92 bits per heavy atom. The van der Waals surface area contributed by atoms with Gasteiger partial charge in [0.15, 0.2) is 5.82 Å². The highest BCUT2D eigenvalue weighted by Crippen LogP contribution is 2.26. The van der Waals surface area contributed by atoms with E-state index in [1.807, 2.05) is 24.3 Å². The van der Waals surface area contributed by atoms with E-state index in [0.29, 0.717) is 5.82 Å². The zero-order valence-electron chi connectivity index (χ0n) is 13.1. The monoisotopic (exact) mass is 316 g/mol. The minimum Gasteiger partial charge on any atom is -0.363 e. The first kappa shape index (κ1) is 14.3. The molecule has 0 bridgehead atoms. The Bertz CT molecular complexity index is 950. The van der Waals surface area contributed by atoms with E-state index in [1.165, 1.54) is 5.56 Å². The second-order valence-electron chi connectivity index (χ2n) is 5.55. The number of nitrogens with one attached hydrogen (secondary N) is 2. The van der Waals surface area contributed by atoms with Crippen LogP contribution in [0.4, 0.5) is 5.82 Å². The maximum atomic E-state index is 4.70. The highest BCUT2D eigenvalue weighted by atomic mass is 15.1. The minimum absolute atomic E-state index is 0.120. The van der Waals surface area contributed by atoms with E-state index >= 15 is 0 Å². The van der Waals surface area contributed by atoms with Crippen molar-refractivity contribution in [1.29, 1.82) is 0 Å². The number of rotatable bonds is 4. The second kappa shape index (κ2) is 6.08. The average Bonchev–Trinajstić information content (AvgIpc) is 3.17. The first-order chi connectivity index (χ1) is 11.8. The summed E-state index contributed by atoms with van der Waals surface area (Å²) in [6, 6.07) is 12.3. The summed E-state index contributed by atoms with van der Waals surface area (Å²) in [6.07, 6.45) is 6.99. The van der Waals surface area contributed by atoms with Gasteiger partial charge in [0.2, 0.25) is 0 Å². The van der Waals surface area contributed by atoms with E-state index in [1.54, 1.807) is 24.8 Å². The van der Waals surface area contributed by atoms with Gasteiger partial charge in [-0.05, 0) is 18.6 Å². The molecule has 2 N–H and O–H groups in total. The number of hydrogen-bond donors (Lipinski definition) is 2. The summed E-state index contributed by atoms with van der Waals surface area (Å²) >= 11 is 0. The number of fused-ring (bicyclic) bond motifs is 1. The Balaban J connectivity index is 1.78. The van der Waals surface area contributed by atoms with Gasteiger partial charge in [-0.1, -0.05) is 30.3 Å². The zero-order chi connectivity index (χ0) is 16.4. The summed E-state index contributed by atoms with van der Waals surface area (Å²) < 4.78 is 0. The predicted molar refractivity (Wildman–Crippen MR) is 93.4 cm³/mol. The third-order valence-corrected chi connectivity index (χ3v) is 3.91. The highest BCUT2D eigenvalue weighted by molar-refractivity contribution is 5.90. The van der Waals surface area contributed by atoms with Crippen molar-refractivity contribution < 1.29 is 0 Å². The maximum Gasteiger partial charge on any atom is 0.165 e. The van der Waals surface area contributed by atoms with Gasteiger partial charge < -0.3 is 5.32 Å². The predicted octanol–water partition coefficient (Wildman–Crippen LogP) is 3.59. The minimum atomic E-state index is 0.120. The first-order valence-corrected chi connectivity index (χ1v) is 7.73. The molecule has 0 fully saturated rings. The fourth-order valence-electron chi connectivity index (χ4n) is 2.62. The molecule has 0 amide bonds. The van der Waals surface area contributed by atoms with Crippen molar-refractivity contribution >= 4 is 16.7 Å². The van der Waals surface area contributed by atoms with Gasteiger partial charge in [-0.3, -0.25) is 10.1 Å². The lowest BCUT2D eigenvalue weighted by Crippen LogP contribution is -2.09. The molecule has 0 aliphatic heterocycles. The van der Waals surface area contributed by atoms with E-state index < -0.39 is 0 Å². The van der Waals surface area contributed by atoms with Gasteiger partial charge in [0.1, 0.15) is 5.82 Å². The molecule has 0 saturated heterocycles. The van der Waals surface area contributed by atoms with Crippen LogP contribution in [-0.2, 0) is 0 Å². The molecule has 6 nitrogen and oxygen atoms in total. The lowest BCUT2D eigenvalue weighted by atomic mass is 10.1. The van der Waals surface area contributed by atoms with Crippen molar-refractivity contribution in [3.8, 4) is 11.4 Å². The van der Waals surface area contributed by atoms with Crippen LogP contribution >= 0.6 is 0 Å². The smallest absolute Gasteiger partial charge is 0.165 e. The number of benzene rings is 1. The van der Waals surface area contributed by atoms with E-state index in [-0.39, 0.29) is 6.04 Å². The summed E-state index contributed by atoms with van der Waals surface area (Å²) in [4.78, 5) is 13.5. The summed E-state index contributed by atoms with van der Waals surface area (Å²) in [6.45, 7) is 2.11. The van der Waals surface area contributed by atoms with Crippen molar-refractivity contribution in [2.75, 3.05) is 5.32 Å². The van der Waals surface area contributed by atoms with Gasteiger partial charge in [-0.2, -0.15) is 5.10 Å². The van der Waals surface area contributed by atoms with Crippen LogP contribution in [0, 0.1) is 0 Å². The Kier molecular flexibility index (Phi) is 3.63. The topological polar surface area (TPSA) is 79.4 Å². The molecule has 118 valence electrons. The molecule has 0 aliphatic carbocycles. The SMILES string of the molecule is CC(Nc1nc(-c2cn[nH]c2)nc2cnccc12)c1ccccc1. The van der Waals surface area contributed by atoms with E-state index in [9.17, 15) is 0 Å². The van der Waals surface area contributed by atoms with Gasteiger partial charge in [0.25, 0.3) is 0 Å². The third-order valence-electron chi connectivity index (χ3n) is 3.91. The largest absolute Gasteiger partial charge is 0.363 e. The number of aromatic nitrogens is 5. The highest BCUT2D eigenvalue weighted by Gasteiger charge is 2.13. The van der Waals surface area contributed by atoms with Crippen LogP contribution in [0.5, 0.6) is 0 Å². The molecule has 6 heteroatoms. The fraction of sp³-hybridized carbons (Fsp3) is 0.111. The molecule has 24 heavy (non-hydrogen) atoms. The molecule has 1 aromatic carbocycles. The zero-order valence-corrected chi connectivity index (χ0v) is 13.1. The number of hydrogen-bond acceptors (Lipinski definition) is 5. The summed E-state index contributed by atoms with van der Waals surface area (Å²) in [5, 5.41) is 11.2. The van der Waals surface area contributed by atoms with E-state index in [2.05, 4.69) is 44.5 Å². The molecule has 4 rings (SSSR count). The fourth-order valence-corrected chi connectivity index (χ4v) is 2.62. The molecule has 4 aromatic rings. The summed E-state index contributed by atoms with van der Waals surface area (Å²) in [5.41, 5.74) is 2.84. The number of nitrogens with zero attached hydrogens (tertiary/aromatic N) is 4. The van der Waals surface area contributed by atoms with Crippen LogP contribution in [0.2, 0.25) is 0 Å². The van der Waals surface area contributed by atoms with Crippen LogP contribution in [0.1, 0.15) is 18.5 Å². The molecule has 3 aromatic heterocycles. The average molecular weight is 316 g/mol. The van der Waals surface area contributed by atoms with Crippen LogP contribution < -0.4 is 5.32 Å². The van der Waals surface area contributed by atoms with Gasteiger partial charge in [0.05, 0.1) is 23.5 Å². The molecule has 0 aliphatic rings. The second-order valence-corrected chi connectivity index (χ2v) is 5.55. The summed E-state index contributed by atoms with van der Waals surface area (Å²) in [7, 11) is 0. The molecule has 0 radical (unpaired) electrons. The summed E-state index contributed by atoms with van der Waals surface area (Å²) in [5.74, 6) is 1.40. The Hall–Kier alpha value is -3.28. The molecule has 0 spiro atoms. The van der Waals surface area contributed by atoms with Crippen LogP contribution in [-0.4, -0.2) is 25.1 Å². The van der Waals surface area contributed by atoms with E-state index in [4.69, 9.17) is 4.98 Å². The molecular weight excluding hydrogens is 300 g/mol. The van der Waals surface area contributed by atoms with E-state index in [0.717, 1.165) is 22.3 Å². The number of H-pyrrole nitrogens is 1. The van der Waals surface area contributed by atoms with Crippen molar-refractivity contribution in [1.82, 2.24) is 25.1 Å². The van der Waals surface area contributed by atoms with Crippen molar-refractivity contribution in [3.05, 3.63) is 66.7 Å². The number of aromatic amines is 1. The molecular formula is C18H16N6. The molecule has 1 atom stereocenters. The van der Waals surface area contributed by atoms with Gasteiger partial charge in [-0.25, -0.2) is 9.97 Å². The number of pyridine rings is 1. The lowest BCUT2D eigenvalue weighted by Gasteiger charge is -2.17. The quantitative estimate of drug-likeness (QED) is 0.601. The van der Waals surface area contributed by atoms with Gasteiger partial charge in [0, 0.05) is 23.8 Å². The normalized spacial score (nSPS) is 12.2. The van der Waals surface area contributed by atoms with Crippen molar-refractivity contribution in [2.45, 2.75) is 13.0 Å². The lowest BCUT2D eigenvalue weighted by molar-refractivity contribution is 0.876. The standard InChI is InChI=1S/C18H16N6/c1-12(13-5-3-2-4-6-13)22-18-15-7-8-19-11-16(15)23-17(24-18)14-9-20-21-10-14/h2-12H,1H3,(H,20,21)(H,22,23,24). The maximum absolute atomic E-state index is 4.70. The first-order valence-electron chi connectivity index (χ1n) is 7.73. The van der Waals surface area contributed by atoms with Crippen molar-refractivity contribution in [3.63, 3.8) is 0 Å². The van der Waals surface area contributed by atoms with Crippen LogP contribution in [0.25, 0.3) is 22.3 Å². The van der Waals surface area contributed by atoms with Crippen molar-refractivity contribution in [2.24, 2.45) is 0 Å². The molecule has 1 unspecified atom stereocenters. The Labute approximate surface area is 139 Å². The number of anilines is 1. The Morgan fingerprint density at radius 1 is 1.04 bits per heavy atom. The molecule has 0 saturated carbocycles. The van der Waals surface area contributed by atoms with Gasteiger partial charge >= 0.3 is 0 Å². The van der Waals surface area contributed by atoms with Gasteiger partial charge in [-0.15, -0.1) is 0 Å². The third kappa shape index (κ3) is 2.69. The van der Waals surface area contributed by atoms with Crippen LogP contribution in [0.15, 0.2) is 61.2 Å². The Morgan fingerprint density at radius 3 is 2.71 bits per heavy atom.